The van der Waals surface area contributed by atoms with Gasteiger partial charge in [0.05, 0.1) is 16.2 Å². The van der Waals surface area contributed by atoms with E-state index in [2.05, 4.69) is 27.9 Å². The van der Waals surface area contributed by atoms with E-state index in [1.54, 1.807) is 36.4 Å². The van der Waals surface area contributed by atoms with Crippen LogP contribution in [-0.2, 0) is 20.9 Å². The van der Waals surface area contributed by atoms with E-state index in [9.17, 15) is 19.1 Å². The average molecular weight is 624 g/mol. The highest BCUT2D eigenvalue weighted by Crippen LogP contribution is 2.31. The summed E-state index contributed by atoms with van der Waals surface area (Å²) in [6.45, 7) is 0.168. The lowest BCUT2D eigenvalue weighted by Crippen LogP contribution is -2.56. The standard InChI is InChI=1S/C27H30FIN2O6/c28-19-7-2-1-6-17(19)16-31(27(35)23-10-5-13-36-23)21-14-18(26(34)30-11-12-32)15-24(25(21)33)37-22-9-4-3-8-20(22)29/h1-4,6-9,15,21,23-25,32-33H,5,10-14,16H2,(H,30,34). The molecule has 1 aliphatic carbocycles. The number of hydrogen-bond acceptors (Lipinski definition) is 6. The molecule has 1 saturated heterocycles. The molecule has 4 unspecified atom stereocenters. The van der Waals surface area contributed by atoms with Crippen molar-refractivity contribution in [3.63, 3.8) is 0 Å². The van der Waals surface area contributed by atoms with Crippen molar-refractivity contribution in [2.75, 3.05) is 19.8 Å². The number of amides is 2. The summed E-state index contributed by atoms with van der Waals surface area (Å²) in [6.07, 6.45) is -0.0360. The van der Waals surface area contributed by atoms with Crippen LogP contribution >= 0.6 is 22.6 Å². The van der Waals surface area contributed by atoms with Gasteiger partial charge < -0.3 is 29.9 Å². The third-order valence-corrected chi connectivity index (χ3v) is 7.39. The van der Waals surface area contributed by atoms with Gasteiger partial charge in [0.1, 0.15) is 29.9 Å². The van der Waals surface area contributed by atoms with Crippen molar-refractivity contribution in [2.24, 2.45) is 0 Å². The maximum Gasteiger partial charge on any atom is 0.252 e. The van der Waals surface area contributed by atoms with E-state index in [0.29, 0.717) is 24.4 Å². The first-order chi connectivity index (χ1) is 17.9. The maximum absolute atomic E-state index is 14.7. The minimum atomic E-state index is -1.21. The molecular weight excluding hydrogens is 594 g/mol. The SMILES string of the molecule is O=C(NCCO)C1=CC(Oc2ccccc2I)C(O)C(N(Cc2ccccc2F)C(=O)C2CCCO2)C1. The van der Waals surface area contributed by atoms with Crippen LogP contribution in [0.5, 0.6) is 5.75 Å². The highest BCUT2D eigenvalue weighted by Gasteiger charge is 2.42. The van der Waals surface area contributed by atoms with Crippen molar-refractivity contribution < 1.29 is 33.7 Å². The number of ether oxygens (including phenoxy) is 2. The van der Waals surface area contributed by atoms with E-state index >= 15 is 0 Å². The van der Waals surface area contributed by atoms with Gasteiger partial charge in [0.25, 0.3) is 5.91 Å². The number of benzene rings is 2. The van der Waals surface area contributed by atoms with E-state index in [1.807, 2.05) is 12.1 Å². The molecule has 1 aliphatic heterocycles. The molecule has 0 radical (unpaired) electrons. The molecule has 0 spiro atoms. The summed E-state index contributed by atoms with van der Waals surface area (Å²) in [4.78, 5) is 28.0. The molecule has 2 aliphatic rings. The zero-order valence-corrected chi connectivity index (χ0v) is 22.3. The first-order valence-electron chi connectivity index (χ1n) is 12.2. The molecule has 10 heteroatoms. The Balaban J connectivity index is 1.70. The van der Waals surface area contributed by atoms with Crippen LogP contribution < -0.4 is 10.1 Å². The predicted octanol–water partition coefficient (Wildman–Crippen LogP) is 2.55. The van der Waals surface area contributed by atoms with Gasteiger partial charge >= 0.3 is 0 Å². The largest absolute Gasteiger partial charge is 0.482 e. The molecule has 4 rings (SSSR count). The van der Waals surface area contributed by atoms with Gasteiger partial charge in [-0.25, -0.2) is 4.39 Å². The van der Waals surface area contributed by atoms with E-state index < -0.39 is 36.1 Å². The van der Waals surface area contributed by atoms with Crippen molar-refractivity contribution in [1.29, 1.82) is 0 Å². The lowest BCUT2D eigenvalue weighted by molar-refractivity contribution is -0.149. The summed E-state index contributed by atoms with van der Waals surface area (Å²) >= 11 is 2.12. The van der Waals surface area contributed by atoms with Crippen LogP contribution in [0.1, 0.15) is 24.8 Å². The molecule has 1 fully saturated rings. The van der Waals surface area contributed by atoms with Gasteiger partial charge in [-0.3, -0.25) is 9.59 Å². The summed E-state index contributed by atoms with van der Waals surface area (Å²) in [5.74, 6) is -0.751. The first kappa shape index (κ1) is 27.5. The van der Waals surface area contributed by atoms with E-state index in [-0.39, 0.29) is 37.6 Å². The molecule has 2 aromatic rings. The number of carbonyl (C=O) groups is 2. The Morgan fingerprint density at radius 1 is 1.19 bits per heavy atom. The molecular formula is C27H30FIN2O6. The number of halogens is 2. The molecule has 2 aromatic carbocycles. The predicted molar refractivity (Wildman–Crippen MR) is 142 cm³/mol. The van der Waals surface area contributed by atoms with Crippen LogP contribution in [-0.4, -0.2) is 71.0 Å². The van der Waals surface area contributed by atoms with Gasteiger partial charge in [-0.2, -0.15) is 0 Å². The molecule has 198 valence electrons. The second kappa shape index (κ2) is 12.8. The highest BCUT2D eigenvalue weighted by molar-refractivity contribution is 14.1. The van der Waals surface area contributed by atoms with Crippen molar-refractivity contribution in [3.05, 3.63) is 75.1 Å². The van der Waals surface area contributed by atoms with Crippen LogP contribution in [0, 0.1) is 9.39 Å². The number of carbonyl (C=O) groups excluding carboxylic acids is 2. The Hall–Kier alpha value is -2.54. The maximum atomic E-state index is 14.7. The molecule has 0 saturated carbocycles. The molecule has 8 nitrogen and oxygen atoms in total. The van der Waals surface area contributed by atoms with Gasteiger partial charge in [-0.05, 0) is 59.7 Å². The second-order valence-corrected chi connectivity index (χ2v) is 10.2. The summed E-state index contributed by atoms with van der Waals surface area (Å²) in [5, 5.41) is 23.3. The normalized spacial score (nSPS) is 23.3. The average Bonchev–Trinajstić information content (AvgIpc) is 3.44. The topological polar surface area (TPSA) is 108 Å². The molecule has 1 heterocycles. The molecule has 0 bridgehead atoms. The molecule has 4 atom stereocenters. The van der Waals surface area contributed by atoms with Gasteiger partial charge in [0, 0.05) is 37.3 Å². The third-order valence-electron chi connectivity index (χ3n) is 6.50. The Labute approximate surface area is 228 Å². The summed E-state index contributed by atoms with van der Waals surface area (Å²) in [7, 11) is 0. The number of aliphatic hydroxyl groups excluding tert-OH is 2. The zero-order valence-electron chi connectivity index (χ0n) is 20.2. The molecule has 37 heavy (non-hydrogen) atoms. The minimum absolute atomic E-state index is 0.0249. The number of nitrogens with one attached hydrogen (secondary N) is 1. The van der Waals surface area contributed by atoms with Crippen molar-refractivity contribution >= 4 is 34.4 Å². The van der Waals surface area contributed by atoms with Crippen molar-refractivity contribution in [3.8, 4) is 5.75 Å². The van der Waals surface area contributed by atoms with Crippen LogP contribution in [0.4, 0.5) is 4.39 Å². The van der Waals surface area contributed by atoms with E-state index in [1.165, 1.54) is 11.0 Å². The van der Waals surface area contributed by atoms with Gasteiger partial charge in [0.2, 0.25) is 5.91 Å². The molecule has 3 N–H and O–H groups in total. The number of nitrogens with zero attached hydrogens (tertiary/aromatic N) is 1. The lowest BCUT2D eigenvalue weighted by Gasteiger charge is -2.41. The number of aliphatic hydroxyl groups is 2. The zero-order chi connectivity index (χ0) is 26.4. The fourth-order valence-corrected chi connectivity index (χ4v) is 5.11. The van der Waals surface area contributed by atoms with Crippen LogP contribution in [0.15, 0.2) is 60.2 Å². The summed E-state index contributed by atoms with van der Waals surface area (Å²) < 4.78 is 27.2. The lowest BCUT2D eigenvalue weighted by atomic mass is 9.87. The molecule has 2 amide bonds. The Bertz CT molecular complexity index is 1140. The first-order valence-corrected chi connectivity index (χ1v) is 13.3. The monoisotopic (exact) mass is 624 g/mol. The van der Waals surface area contributed by atoms with Crippen LogP contribution in [0.2, 0.25) is 0 Å². The number of rotatable bonds is 9. The van der Waals surface area contributed by atoms with Crippen LogP contribution in [0.25, 0.3) is 0 Å². The Morgan fingerprint density at radius 2 is 1.95 bits per heavy atom. The fourth-order valence-electron chi connectivity index (χ4n) is 4.59. The van der Waals surface area contributed by atoms with E-state index in [0.717, 1.165) is 9.99 Å². The van der Waals surface area contributed by atoms with Gasteiger partial charge in [0.15, 0.2) is 0 Å². The minimum Gasteiger partial charge on any atom is -0.482 e. The summed E-state index contributed by atoms with van der Waals surface area (Å²) in [5.41, 5.74) is 0.593. The quantitative estimate of drug-likeness (QED) is 0.371. The Kier molecular flexibility index (Phi) is 9.52. The van der Waals surface area contributed by atoms with E-state index in [4.69, 9.17) is 14.6 Å². The van der Waals surface area contributed by atoms with Gasteiger partial charge in [-0.1, -0.05) is 30.3 Å². The number of para-hydroxylation sites is 1. The summed E-state index contributed by atoms with van der Waals surface area (Å²) in [6, 6.07) is 12.5. The second-order valence-electron chi connectivity index (χ2n) is 9.01. The van der Waals surface area contributed by atoms with Crippen molar-refractivity contribution in [1.82, 2.24) is 10.2 Å². The Morgan fingerprint density at radius 3 is 2.65 bits per heavy atom. The van der Waals surface area contributed by atoms with Crippen molar-refractivity contribution in [2.45, 2.75) is 50.2 Å². The number of hydrogen-bond donors (Lipinski definition) is 3. The third kappa shape index (κ3) is 6.67. The highest BCUT2D eigenvalue weighted by atomic mass is 127. The van der Waals surface area contributed by atoms with Crippen LogP contribution in [0.3, 0.4) is 0 Å². The fraction of sp³-hybridized carbons (Fsp3) is 0.407. The van der Waals surface area contributed by atoms with Gasteiger partial charge in [-0.15, -0.1) is 0 Å². The smallest absolute Gasteiger partial charge is 0.252 e. The molecule has 0 aromatic heterocycles.